The molecule has 1 aliphatic heterocycles. The van der Waals surface area contributed by atoms with Gasteiger partial charge in [-0.15, -0.1) is 0 Å². The molecule has 2 fully saturated rings. The quantitative estimate of drug-likeness (QED) is 0.796. The molecule has 1 aromatic rings. The number of carbonyl (C=O) groups excluding carboxylic acids is 1. The molecule has 0 bridgehead atoms. The normalized spacial score (nSPS) is 19.4. The number of nitrogens with zero attached hydrogens (tertiary/aromatic N) is 1. The number of rotatable bonds is 6. The van der Waals surface area contributed by atoms with Gasteiger partial charge in [-0.05, 0) is 43.9 Å². The van der Waals surface area contributed by atoms with Gasteiger partial charge in [-0.1, -0.05) is 30.9 Å². The van der Waals surface area contributed by atoms with Gasteiger partial charge in [-0.25, -0.2) is 8.42 Å². The first-order chi connectivity index (χ1) is 12.5. The lowest BCUT2D eigenvalue weighted by Crippen LogP contribution is -2.39. The third kappa shape index (κ3) is 4.69. The molecule has 2 aliphatic rings. The Hall–Kier alpha value is -1.31. The van der Waals surface area contributed by atoms with Crippen LogP contribution in [-0.4, -0.2) is 44.4 Å². The summed E-state index contributed by atoms with van der Waals surface area (Å²) in [4.78, 5) is 12.2. The van der Waals surface area contributed by atoms with Crippen LogP contribution in [0.4, 0.5) is 0 Å². The monoisotopic (exact) mass is 400 g/mol. The molecule has 26 heavy (non-hydrogen) atoms. The van der Waals surface area contributed by atoms with Gasteiger partial charge in [-0.2, -0.15) is 4.31 Å². The van der Waals surface area contributed by atoms with E-state index >= 15 is 0 Å². The minimum atomic E-state index is -3.51. The fraction of sp³-hybridized carbons (Fsp3) is 0.611. The molecule has 1 aromatic carbocycles. The lowest BCUT2D eigenvalue weighted by Gasteiger charge is -2.22. The van der Waals surface area contributed by atoms with Gasteiger partial charge in [-0.3, -0.25) is 4.79 Å². The van der Waals surface area contributed by atoms with E-state index in [0.717, 1.165) is 38.5 Å². The van der Waals surface area contributed by atoms with E-state index in [-0.39, 0.29) is 28.5 Å². The number of halogens is 1. The topological polar surface area (TPSA) is 75.7 Å². The molecule has 8 heteroatoms. The summed E-state index contributed by atoms with van der Waals surface area (Å²) < 4.78 is 32.0. The number of hydrogen-bond donors (Lipinski definition) is 1. The molecule has 1 saturated carbocycles. The minimum absolute atomic E-state index is 0.131. The van der Waals surface area contributed by atoms with Crippen LogP contribution >= 0.6 is 11.6 Å². The molecule has 0 aromatic heterocycles. The molecule has 3 rings (SSSR count). The van der Waals surface area contributed by atoms with Crippen LogP contribution in [0.3, 0.4) is 0 Å². The Morgan fingerprint density at radius 1 is 1.15 bits per heavy atom. The van der Waals surface area contributed by atoms with E-state index in [1.807, 2.05) is 0 Å². The first-order valence-corrected chi connectivity index (χ1v) is 11.0. The molecule has 0 radical (unpaired) electrons. The van der Waals surface area contributed by atoms with Gasteiger partial charge >= 0.3 is 0 Å². The third-order valence-corrected chi connectivity index (χ3v) is 7.13. The van der Waals surface area contributed by atoms with Crippen molar-refractivity contribution in [2.24, 2.45) is 0 Å². The van der Waals surface area contributed by atoms with Crippen molar-refractivity contribution >= 4 is 27.5 Å². The highest BCUT2D eigenvalue weighted by Gasteiger charge is 2.27. The second-order valence-electron chi connectivity index (χ2n) is 6.89. The summed E-state index contributed by atoms with van der Waals surface area (Å²) in [6, 6.07) is 4.61. The Bertz CT molecular complexity index is 742. The van der Waals surface area contributed by atoms with E-state index in [1.54, 1.807) is 0 Å². The van der Waals surface area contributed by atoms with Crippen LogP contribution in [0.1, 0.15) is 44.9 Å². The maximum absolute atomic E-state index is 12.5. The highest BCUT2D eigenvalue weighted by Crippen LogP contribution is 2.30. The van der Waals surface area contributed by atoms with Gasteiger partial charge in [0, 0.05) is 19.1 Å². The Morgan fingerprint density at radius 2 is 1.85 bits per heavy atom. The molecule has 1 N–H and O–H groups in total. The smallest absolute Gasteiger partial charge is 0.258 e. The number of ether oxygens (including phenoxy) is 1. The number of amides is 1. The van der Waals surface area contributed by atoms with Crippen molar-refractivity contribution < 1.29 is 17.9 Å². The maximum atomic E-state index is 12.5. The fourth-order valence-electron chi connectivity index (χ4n) is 3.50. The minimum Gasteiger partial charge on any atom is -0.482 e. The first-order valence-electron chi connectivity index (χ1n) is 9.19. The lowest BCUT2D eigenvalue weighted by molar-refractivity contribution is -0.124. The third-order valence-electron chi connectivity index (χ3n) is 4.94. The predicted octanol–water partition coefficient (Wildman–Crippen LogP) is 2.95. The summed E-state index contributed by atoms with van der Waals surface area (Å²) >= 11 is 6.18. The molecule has 1 amide bonds. The summed E-state index contributed by atoms with van der Waals surface area (Å²) in [6.45, 7) is 0.952. The van der Waals surface area contributed by atoms with Crippen molar-refractivity contribution in [3.63, 3.8) is 0 Å². The van der Waals surface area contributed by atoms with Crippen LogP contribution in [0.25, 0.3) is 0 Å². The second-order valence-corrected chi connectivity index (χ2v) is 9.24. The van der Waals surface area contributed by atoms with Crippen LogP contribution in [0, 0.1) is 0 Å². The molecule has 1 aliphatic carbocycles. The SMILES string of the molecule is O=C(COc1ccc(S(=O)(=O)N2CCCC2)cc1Cl)NC1CCCCC1. The number of hydrogen-bond acceptors (Lipinski definition) is 4. The molecule has 144 valence electrons. The maximum Gasteiger partial charge on any atom is 0.258 e. The van der Waals surface area contributed by atoms with E-state index in [0.29, 0.717) is 18.8 Å². The van der Waals surface area contributed by atoms with Crippen LogP contribution in [0.15, 0.2) is 23.1 Å². The van der Waals surface area contributed by atoms with Gasteiger partial charge < -0.3 is 10.1 Å². The molecule has 6 nitrogen and oxygen atoms in total. The predicted molar refractivity (Wildman–Crippen MR) is 100.0 cm³/mol. The molecule has 1 heterocycles. The van der Waals surface area contributed by atoms with Crippen molar-refractivity contribution in [3.05, 3.63) is 23.2 Å². The summed E-state index contributed by atoms with van der Waals surface area (Å²) in [5, 5.41) is 3.16. The van der Waals surface area contributed by atoms with Crippen molar-refractivity contribution in [3.8, 4) is 5.75 Å². The van der Waals surface area contributed by atoms with Gasteiger partial charge in [0.1, 0.15) is 5.75 Å². The van der Waals surface area contributed by atoms with Gasteiger partial charge in [0.15, 0.2) is 6.61 Å². The van der Waals surface area contributed by atoms with Crippen molar-refractivity contribution in [2.75, 3.05) is 19.7 Å². The Kier molecular flexibility index (Phi) is 6.42. The first kappa shape index (κ1) is 19.5. The highest BCUT2D eigenvalue weighted by molar-refractivity contribution is 7.89. The number of carbonyl (C=O) groups is 1. The fourth-order valence-corrected chi connectivity index (χ4v) is 5.34. The highest BCUT2D eigenvalue weighted by atomic mass is 35.5. The molecular formula is C18H25ClN2O4S. The Labute approximate surface area is 159 Å². The molecular weight excluding hydrogens is 376 g/mol. The van der Waals surface area contributed by atoms with E-state index in [9.17, 15) is 13.2 Å². The standard InChI is InChI=1S/C18H25ClN2O4S/c19-16-12-15(26(23,24)21-10-4-5-11-21)8-9-17(16)25-13-18(22)20-14-6-2-1-3-7-14/h8-9,12,14H,1-7,10-11,13H2,(H,20,22). The van der Waals surface area contributed by atoms with Crippen LogP contribution in [0.2, 0.25) is 5.02 Å². The van der Waals surface area contributed by atoms with Crippen LogP contribution in [-0.2, 0) is 14.8 Å². The number of sulfonamides is 1. The number of benzene rings is 1. The summed E-state index contributed by atoms with van der Waals surface area (Å²) in [7, 11) is -3.51. The van der Waals surface area contributed by atoms with Gasteiger partial charge in [0.25, 0.3) is 5.91 Å². The van der Waals surface area contributed by atoms with E-state index in [2.05, 4.69) is 5.32 Å². The van der Waals surface area contributed by atoms with Crippen molar-refractivity contribution in [1.82, 2.24) is 9.62 Å². The van der Waals surface area contributed by atoms with Crippen LogP contribution in [0.5, 0.6) is 5.75 Å². The molecule has 1 saturated heterocycles. The summed E-state index contributed by atoms with van der Waals surface area (Å²) in [5.41, 5.74) is 0. The lowest BCUT2D eigenvalue weighted by atomic mass is 9.95. The average molecular weight is 401 g/mol. The zero-order valence-electron chi connectivity index (χ0n) is 14.7. The Balaban J connectivity index is 1.58. The largest absolute Gasteiger partial charge is 0.482 e. The average Bonchev–Trinajstić information content (AvgIpc) is 3.17. The van der Waals surface area contributed by atoms with Crippen molar-refractivity contribution in [1.29, 1.82) is 0 Å². The summed E-state index contributed by atoms with van der Waals surface area (Å²) in [5.74, 6) is 0.132. The second kappa shape index (κ2) is 8.59. The zero-order valence-corrected chi connectivity index (χ0v) is 16.3. The van der Waals surface area contributed by atoms with E-state index in [1.165, 1.54) is 28.9 Å². The van der Waals surface area contributed by atoms with Crippen LogP contribution < -0.4 is 10.1 Å². The zero-order chi connectivity index (χ0) is 18.6. The van der Waals surface area contributed by atoms with Gasteiger partial charge in [0.2, 0.25) is 10.0 Å². The van der Waals surface area contributed by atoms with Gasteiger partial charge in [0.05, 0.1) is 9.92 Å². The van der Waals surface area contributed by atoms with E-state index < -0.39 is 10.0 Å². The summed E-state index contributed by atoms with van der Waals surface area (Å²) in [6.07, 6.45) is 7.29. The van der Waals surface area contributed by atoms with Crippen molar-refractivity contribution in [2.45, 2.75) is 55.9 Å². The molecule has 0 atom stereocenters. The molecule has 0 unspecified atom stereocenters. The number of nitrogens with one attached hydrogen (secondary N) is 1. The van der Waals surface area contributed by atoms with E-state index in [4.69, 9.17) is 16.3 Å². The molecule has 0 spiro atoms. The Morgan fingerprint density at radius 3 is 2.50 bits per heavy atom.